The minimum atomic E-state index is 0.269. The van der Waals surface area contributed by atoms with E-state index in [1.54, 1.807) is 11.1 Å². The second kappa shape index (κ2) is 7.27. The summed E-state index contributed by atoms with van der Waals surface area (Å²) in [5.41, 5.74) is 5.42. The van der Waals surface area contributed by atoms with Gasteiger partial charge in [0.2, 0.25) is 0 Å². The fourth-order valence-corrected chi connectivity index (χ4v) is 7.12. The van der Waals surface area contributed by atoms with Crippen LogP contribution in [0.3, 0.4) is 0 Å². The molecule has 140 valence electrons. The Hall–Kier alpha value is -0.470. The van der Waals surface area contributed by atoms with Crippen molar-refractivity contribution in [3.8, 4) is 0 Å². The van der Waals surface area contributed by atoms with Gasteiger partial charge in [0, 0.05) is 17.3 Å². The maximum absolute atomic E-state index is 9.20. The molecule has 1 nitrogen and oxygen atoms in total. The average molecular weight is 361 g/mol. The minimum absolute atomic E-state index is 0.269. The number of fused-ring (bicyclic) bond motifs is 3. The van der Waals surface area contributed by atoms with Gasteiger partial charge in [0.15, 0.2) is 0 Å². The summed E-state index contributed by atoms with van der Waals surface area (Å²) < 4.78 is 0. The van der Waals surface area contributed by atoms with Gasteiger partial charge in [0.1, 0.15) is 0 Å². The summed E-state index contributed by atoms with van der Waals surface area (Å²) in [6.45, 7) is 12.5. The molecule has 1 aromatic carbocycles. The Kier molecular flexibility index (Phi) is 5.61. The molecule has 25 heavy (non-hydrogen) atoms. The van der Waals surface area contributed by atoms with Crippen LogP contribution >= 0.6 is 11.8 Å². The van der Waals surface area contributed by atoms with E-state index in [-0.39, 0.29) is 5.41 Å². The molecule has 1 saturated carbocycles. The van der Waals surface area contributed by atoms with Crippen molar-refractivity contribution >= 4 is 11.8 Å². The molecule has 2 heteroatoms. The summed E-state index contributed by atoms with van der Waals surface area (Å²) in [6, 6.07) is 7.35. The first kappa shape index (κ1) is 19.3. The number of thioether (sulfide) groups is 1. The van der Waals surface area contributed by atoms with Crippen LogP contribution in [0.2, 0.25) is 0 Å². The molecule has 1 fully saturated rings. The number of rotatable bonds is 5. The van der Waals surface area contributed by atoms with Crippen LogP contribution in [0.4, 0.5) is 0 Å². The highest BCUT2D eigenvalue weighted by Crippen LogP contribution is 2.59. The van der Waals surface area contributed by atoms with Gasteiger partial charge in [-0.05, 0) is 71.8 Å². The molecular weight excluding hydrogens is 324 g/mol. The molecule has 0 radical (unpaired) electrons. The average Bonchev–Trinajstić information content (AvgIpc) is 2.56. The van der Waals surface area contributed by atoms with E-state index in [9.17, 15) is 5.11 Å². The van der Waals surface area contributed by atoms with Crippen molar-refractivity contribution in [2.24, 2.45) is 11.3 Å². The van der Waals surface area contributed by atoms with E-state index >= 15 is 0 Å². The minimum Gasteiger partial charge on any atom is -0.396 e. The molecule has 0 saturated heterocycles. The Bertz CT molecular complexity index is 606. The Morgan fingerprint density at radius 3 is 2.64 bits per heavy atom. The fourth-order valence-electron chi connectivity index (χ4n) is 5.62. The van der Waals surface area contributed by atoms with E-state index in [0.29, 0.717) is 23.2 Å². The van der Waals surface area contributed by atoms with Gasteiger partial charge in [-0.3, -0.25) is 0 Å². The van der Waals surface area contributed by atoms with Crippen molar-refractivity contribution in [1.82, 2.24) is 0 Å². The highest BCUT2D eigenvalue weighted by atomic mass is 32.2. The molecular formula is C23H36OS. The summed E-state index contributed by atoms with van der Waals surface area (Å²) in [6.07, 6.45) is 6.14. The van der Waals surface area contributed by atoms with Crippen LogP contribution in [0.5, 0.6) is 0 Å². The van der Waals surface area contributed by atoms with Crippen LogP contribution < -0.4 is 0 Å². The van der Waals surface area contributed by atoms with Gasteiger partial charge < -0.3 is 5.11 Å². The first-order valence-electron chi connectivity index (χ1n) is 10.2. The standard InChI is InChI=1S/C23H36OS/c1-16(2)17-7-9-19-18(15-17)8-10-20-22(3,4)12-11-21(23(19,20)5)25-14-6-13-24/h7,9,15-16,20-21,24H,6,8,10-14H2,1-5H3/t20?,21?,23-/m1/s1. The summed E-state index contributed by atoms with van der Waals surface area (Å²) in [5.74, 6) is 2.45. The van der Waals surface area contributed by atoms with Gasteiger partial charge in [-0.25, -0.2) is 0 Å². The van der Waals surface area contributed by atoms with E-state index < -0.39 is 0 Å². The Morgan fingerprint density at radius 2 is 1.96 bits per heavy atom. The lowest BCUT2D eigenvalue weighted by molar-refractivity contribution is 0.0460. The van der Waals surface area contributed by atoms with Gasteiger partial charge in [0.25, 0.3) is 0 Å². The molecule has 0 aromatic heterocycles. The smallest absolute Gasteiger partial charge is 0.0438 e. The zero-order valence-corrected chi connectivity index (χ0v) is 17.6. The molecule has 1 aromatic rings. The molecule has 2 unspecified atom stereocenters. The second-order valence-corrected chi connectivity index (χ2v) is 10.7. The fraction of sp³-hybridized carbons (Fsp3) is 0.739. The summed E-state index contributed by atoms with van der Waals surface area (Å²) in [4.78, 5) is 0. The van der Waals surface area contributed by atoms with Crippen LogP contribution in [0.25, 0.3) is 0 Å². The third kappa shape index (κ3) is 3.41. The number of aliphatic hydroxyl groups is 1. The monoisotopic (exact) mass is 360 g/mol. The number of hydrogen-bond donors (Lipinski definition) is 1. The Labute approximate surface area is 159 Å². The van der Waals surface area contributed by atoms with Gasteiger partial charge in [0.05, 0.1) is 0 Å². The maximum Gasteiger partial charge on any atom is 0.0438 e. The number of aryl methyl sites for hydroxylation is 1. The third-order valence-corrected chi connectivity index (χ3v) is 8.74. The number of hydrogen-bond acceptors (Lipinski definition) is 2. The van der Waals surface area contributed by atoms with Crippen LogP contribution in [0.15, 0.2) is 18.2 Å². The molecule has 0 heterocycles. The van der Waals surface area contributed by atoms with E-state index in [4.69, 9.17) is 0 Å². The first-order valence-corrected chi connectivity index (χ1v) is 11.2. The predicted octanol–water partition coefficient (Wildman–Crippen LogP) is 5.93. The molecule has 3 rings (SSSR count). The van der Waals surface area contributed by atoms with Crippen molar-refractivity contribution in [3.05, 3.63) is 34.9 Å². The van der Waals surface area contributed by atoms with Gasteiger partial charge in [-0.2, -0.15) is 11.8 Å². The first-order chi connectivity index (χ1) is 11.8. The molecule has 0 aliphatic heterocycles. The maximum atomic E-state index is 9.20. The lowest BCUT2D eigenvalue weighted by Crippen LogP contribution is -2.54. The van der Waals surface area contributed by atoms with Crippen LogP contribution in [0.1, 0.15) is 82.9 Å². The topological polar surface area (TPSA) is 20.2 Å². The molecule has 0 spiro atoms. The lowest BCUT2D eigenvalue weighted by Gasteiger charge is -2.58. The molecule has 1 N–H and O–H groups in total. The van der Waals surface area contributed by atoms with Gasteiger partial charge in [-0.1, -0.05) is 52.8 Å². The molecule has 2 aliphatic carbocycles. The number of benzene rings is 1. The summed E-state index contributed by atoms with van der Waals surface area (Å²) >= 11 is 2.12. The Balaban J connectivity index is 2.01. The zero-order valence-electron chi connectivity index (χ0n) is 16.8. The van der Waals surface area contributed by atoms with E-state index in [1.165, 1.54) is 31.2 Å². The van der Waals surface area contributed by atoms with Crippen molar-refractivity contribution < 1.29 is 5.11 Å². The van der Waals surface area contributed by atoms with Crippen LogP contribution in [-0.2, 0) is 11.8 Å². The van der Waals surface area contributed by atoms with Crippen molar-refractivity contribution in [1.29, 1.82) is 0 Å². The quantitative estimate of drug-likeness (QED) is 0.656. The van der Waals surface area contributed by atoms with E-state index in [0.717, 1.165) is 18.1 Å². The predicted molar refractivity (Wildman–Crippen MR) is 111 cm³/mol. The second-order valence-electron chi connectivity index (χ2n) is 9.41. The normalized spacial score (nSPS) is 30.8. The molecule has 0 amide bonds. The zero-order chi connectivity index (χ0) is 18.2. The Morgan fingerprint density at radius 1 is 1.20 bits per heavy atom. The van der Waals surface area contributed by atoms with Crippen molar-refractivity contribution in [2.75, 3.05) is 12.4 Å². The van der Waals surface area contributed by atoms with Crippen molar-refractivity contribution in [3.63, 3.8) is 0 Å². The summed E-state index contributed by atoms with van der Waals surface area (Å²) in [7, 11) is 0. The van der Waals surface area contributed by atoms with Gasteiger partial charge in [-0.15, -0.1) is 0 Å². The highest BCUT2D eigenvalue weighted by Gasteiger charge is 2.54. The number of aliphatic hydroxyl groups excluding tert-OH is 1. The highest BCUT2D eigenvalue weighted by molar-refractivity contribution is 7.99. The lowest BCUT2D eigenvalue weighted by atomic mass is 9.50. The van der Waals surface area contributed by atoms with Gasteiger partial charge >= 0.3 is 0 Å². The van der Waals surface area contributed by atoms with Crippen LogP contribution in [0, 0.1) is 11.3 Å². The molecule has 2 aliphatic rings. The largest absolute Gasteiger partial charge is 0.396 e. The molecule has 0 bridgehead atoms. The van der Waals surface area contributed by atoms with E-state index in [1.807, 2.05) is 0 Å². The van der Waals surface area contributed by atoms with Crippen molar-refractivity contribution in [2.45, 2.75) is 83.3 Å². The summed E-state index contributed by atoms with van der Waals surface area (Å²) in [5, 5.41) is 9.88. The van der Waals surface area contributed by atoms with Crippen LogP contribution in [-0.4, -0.2) is 22.7 Å². The third-order valence-electron chi connectivity index (χ3n) is 7.09. The molecule has 3 atom stereocenters. The van der Waals surface area contributed by atoms with E-state index in [2.05, 4.69) is 64.6 Å². The SMILES string of the molecule is CC(C)c1ccc2c(c1)CCC1C(C)(C)CCC(SCCCO)[C@]21C.